The minimum Gasteiger partial charge on any atom is -0.312 e. The highest BCUT2D eigenvalue weighted by Gasteiger charge is 2.39. The van der Waals surface area contributed by atoms with Crippen LogP contribution in [-0.2, 0) is 10.2 Å². The lowest BCUT2D eigenvalue weighted by Crippen LogP contribution is -2.52. The van der Waals surface area contributed by atoms with Crippen molar-refractivity contribution < 1.29 is 4.79 Å². The van der Waals surface area contributed by atoms with Crippen LogP contribution in [0.2, 0.25) is 5.02 Å². The van der Waals surface area contributed by atoms with Gasteiger partial charge in [0.1, 0.15) is 0 Å². The van der Waals surface area contributed by atoms with Gasteiger partial charge in [-0.25, -0.2) is 0 Å². The van der Waals surface area contributed by atoms with E-state index in [2.05, 4.69) is 37.9 Å². The molecule has 4 nitrogen and oxygen atoms in total. The number of carbonyl (C=O) groups excluding carboxylic acids is 1. The van der Waals surface area contributed by atoms with E-state index in [-0.39, 0.29) is 11.3 Å². The number of carbonyl (C=O) groups is 1. The first-order valence-electron chi connectivity index (χ1n) is 8.34. The molecule has 0 spiro atoms. The maximum absolute atomic E-state index is 12.9. The summed E-state index contributed by atoms with van der Waals surface area (Å²) >= 11 is 6.25. The summed E-state index contributed by atoms with van der Waals surface area (Å²) in [6.45, 7) is 12.6. The maximum Gasteiger partial charge on any atom is 0.241 e. The molecule has 1 amide bonds. The van der Waals surface area contributed by atoms with Crippen molar-refractivity contribution in [1.29, 1.82) is 0 Å². The molecule has 2 heterocycles. The van der Waals surface area contributed by atoms with Gasteiger partial charge < -0.3 is 10.2 Å². The molecule has 2 aliphatic heterocycles. The van der Waals surface area contributed by atoms with Crippen LogP contribution in [0.1, 0.15) is 31.9 Å². The number of hydrogen-bond acceptors (Lipinski definition) is 3. The number of rotatable bonds is 2. The fraction of sp³-hybridized carbons (Fsp3) is 0.611. The SMILES string of the molecule is Cc1cc(Cl)cc2c1C(C)(C)CN2C(=O)CN1CCN[C@H](C)C1. The van der Waals surface area contributed by atoms with Crippen molar-refractivity contribution in [1.82, 2.24) is 10.2 Å². The Morgan fingerprint density at radius 1 is 1.43 bits per heavy atom. The summed E-state index contributed by atoms with van der Waals surface area (Å²) in [6.07, 6.45) is 0. The van der Waals surface area contributed by atoms with E-state index in [0.29, 0.717) is 17.6 Å². The number of aryl methyl sites for hydroxylation is 1. The molecule has 126 valence electrons. The number of fused-ring (bicyclic) bond motifs is 1. The molecular formula is C18H26ClN3O. The van der Waals surface area contributed by atoms with Gasteiger partial charge in [0, 0.05) is 48.3 Å². The molecular weight excluding hydrogens is 310 g/mol. The third kappa shape index (κ3) is 3.25. The van der Waals surface area contributed by atoms with E-state index < -0.39 is 0 Å². The zero-order chi connectivity index (χ0) is 16.8. The van der Waals surface area contributed by atoms with Crippen LogP contribution < -0.4 is 10.2 Å². The summed E-state index contributed by atoms with van der Waals surface area (Å²) in [4.78, 5) is 17.1. The Morgan fingerprint density at radius 2 is 2.17 bits per heavy atom. The van der Waals surface area contributed by atoms with Gasteiger partial charge in [0.15, 0.2) is 0 Å². The number of halogens is 1. The van der Waals surface area contributed by atoms with E-state index in [1.165, 1.54) is 11.1 Å². The van der Waals surface area contributed by atoms with Gasteiger partial charge in [-0.3, -0.25) is 9.69 Å². The Hall–Kier alpha value is -1.10. The van der Waals surface area contributed by atoms with Gasteiger partial charge in [0.05, 0.1) is 6.54 Å². The molecule has 23 heavy (non-hydrogen) atoms. The normalized spacial score (nSPS) is 23.9. The molecule has 1 atom stereocenters. The van der Waals surface area contributed by atoms with Crippen LogP contribution in [0.25, 0.3) is 0 Å². The minimum absolute atomic E-state index is 0.0313. The highest BCUT2D eigenvalue weighted by molar-refractivity contribution is 6.31. The lowest BCUT2D eigenvalue weighted by atomic mass is 9.84. The molecule has 0 saturated carbocycles. The monoisotopic (exact) mass is 335 g/mol. The predicted molar refractivity (Wildman–Crippen MR) is 95.5 cm³/mol. The van der Waals surface area contributed by atoms with Crippen molar-refractivity contribution in [2.24, 2.45) is 0 Å². The number of anilines is 1. The quantitative estimate of drug-likeness (QED) is 0.902. The topological polar surface area (TPSA) is 35.6 Å². The van der Waals surface area contributed by atoms with Gasteiger partial charge in [-0.05, 0) is 37.1 Å². The first-order valence-corrected chi connectivity index (χ1v) is 8.72. The van der Waals surface area contributed by atoms with Crippen molar-refractivity contribution in [3.63, 3.8) is 0 Å². The second-order valence-corrected chi connectivity index (χ2v) is 8.01. The summed E-state index contributed by atoms with van der Waals surface area (Å²) in [5, 5.41) is 4.12. The lowest BCUT2D eigenvalue weighted by molar-refractivity contribution is -0.120. The van der Waals surface area contributed by atoms with E-state index in [0.717, 1.165) is 31.9 Å². The number of amides is 1. The Morgan fingerprint density at radius 3 is 2.87 bits per heavy atom. The van der Waals surface area contributed by atoms with Gasteiger partial charge in [0.25, 0.3) is 0 Å². The van der Waals surface area contributed by atoms with Crippen LogP contribution in [0, 0.1) is 6.92 Å². The van der Waals surface area contributed by atoms with E-state index in [4.69, 9.17) is 11.6 Å². The summed E-state index contributed by atoms with van der Waals surface area (Å²) in [7, 11) is 0. The Kier molecular flexibility index (Phi) is 4.43. The zero-order valence-electron chi connectivity index (χ0n) is 14.4. The van der Waals surface area contributed by atoms with Gasteiger partial charge in [-0.1, -0.05) is 25.4 Å². The Labute approximate surface area is 143 Å². The largest absolute Gasteiger partial charge is 0.312 e. The van der Waals surface area contributed by atoms with Crippen LogP contribution in [0.5, 0.6) is 0 Å². The van der Waals surface area contributed by atoms with Gasteiger partial charge in [-0.15, -0.1) is 0 Å². The molecule has 1 N–H and O–H groups in total. The van der Waals surface area contributed by atoms with Crippen molar-refractivity contribution >= 4 is 23.2 Å². The molecule has 0 aliphatic carbocycles. The highest BCUT2D eigenvalue weighted by atomic mass is 35.5. The standard InChI is InChI=1S/C18H26ClN3O/c1-12-7-14(19)8-15-17(12)18(3,4)11-22(15)16(23)10-21-6-5-20-13(2)9-21/h7-8,13,20H,5-6,9-11H2,1-4H3/t13-/m1/s1. The molecule has 1 saturated heterocycles. The number of nitrogens with zero attached hydrogens (tertiary/aromatic N) is 2. The number of piperazine rings is 1. The molecule has 0 aromatic heterocycles. The second kappa shape index (κ2) is 6.08. The fourth-order valence-electron chi connectivity index (χ4n) is 4.03. The molecule has 1 aromatic carbocycles. The molecule has 3 rings (SSSR count). The van der Waals surface area contributed by atoms with Gasteiger partial charge in [0.2, 0.25) is 5.91 Å². The Bertz CT molecular complexity index is 629. The third-order valence-corrected chi connectivity index (χ3v) is 5.13. The van der Waals surface area contributed by atoms with Crippen molar-refractivity contribution in [3.8, 4) is 0 Å². The first-order chi connectivity index (χ1) is 10.8. The van der Waals surface area contributed by atoms with Crippen LogP contribution in [0.15, 0.2) is 12.1 Å². The molecule has 1 aromatic rings. The second-order valence-electron chi connectivity index (χ2n) is 7.57. The smallest absolute Gasteiger partial charge is 0.241 e. The predicted octanol–water partition coefficient (Wildman–Crippen LogP) is 2.57. The maximum atomic E-state index is 12.9. The minimum atomic E-state index is -0.0313. The fourth-order valence-corrected chi connectivity index (χ4v) is 4.30. The van der Waals surface area contributed by atoms with Gasteiger partial charge in [-0.2, -0.15) is 0 Å². The van der Waals surface area contributed by atoms with Crippen LogP contribution in [-0.4, -0.2) is 49.6 Å². The average molecular weight is 336 g/mol. The molecule has 0 unspecified atom stereocenters. The average Bonchev–Trinajstić information content (AvgIpc) is 2.70. The number of hydrogen-bond donors (Lipinski definition) is 1. The summed E-state index contributed by atoms with van der Waals surface area (Å²) in [5.41, 5.74) is 3.39. The van der Waals surface area contributed by atoms with E-state index in [1.807, 2.05) is 17.0 Å². The first kappa shape index (κ1) is 16.7. The zero-order valence-corrected chi connectivity index (χ0v) is 15.2. The summed E-state index contributed by atoms with van der Waals surface area (Å²) in [5.74, 6) is 0.174. The number of nitrogens with one attached hydrogen (secondary N) is 1. The summed E-state index contributed by atoms with van der Waals surface area (Å²) < 4.78 is 0. The molecule has 0 radical (unpaired) electrons. The lowest BCUT2D eigenvalue weighted by Gasteiger charge is -2.32. The summed E-state index contributed by atoms with van der Waals surface area (Å²) in [6, 6.07) is 4.38. The van der Waals surface area contributed by atoms with E-state index in [1.54, 1.807) is 0 Å². The van der Waals surface area contributed by atoms with E-state index in [9.17, 15) is 4.79 Å². The Balaban J connectivity index is 1.83. The van der Waals surface area contributed by atoms with Crippen molar-refractivity contribution in [3.05, 3.63) is 28.3 Å². The van der Waals surface area contributed by atoms with E-state index >= 15 is 0 Å². The molecule has 2 aliphatic rings. The van der Waals surface area contributed by atoms with Crippen LogP contribution >= 0.6 is 11.6 Å². The van der Waals surface area contributed by atoms with Crippen LogP contribution in [0.3, 0.4) is 0 Å². The third-order valence-electron chi connectivity index (χ3n) is 4.91. The highest BCUT2D eigenvalue weighted by Crippen LogP contribution is 2.43. The van der Waals surface area contributed by atoms with Crippen LogP contribution in [0.4, 0.5) is 5.69 Å². The molecule has 1 fully saturated rings. The molecule has 0 bridgehead atoms. The van der Waals surface area contributed by atoms with Crippen molar-refractivity contribution in [2.75, 3.05) is 37.6 Å². The molecule has 5 heteroatoms. The number of benzene rings is 1. The van der Waals surface area contributed by atoms with Gasteiger partial charge >= 0.3 is 0 Å². The van der Waals surface area contributed by atoms with Crippen molar-refractivity contribution in [2.45, 2.75) is 39.2 Å².